The Kier molecular flexibility index (Phi) is 14.3. The topological polar surface area (TPSA) is 170 Å². The maximum Gasteiger partial charge on any atom is 1.00 e. The molecule has 0 aliphatic carbocycles. The van der Waals surface area contributed by atoms with Gasteiger partial charge >= 0.3 is 29.6 Å². The molecule has 0 radical (unpaired) electrons. The summed E-state index contributed by atoms with van der Waals surface area (Å²) >= 11 is 5.19. The van der Waals surface area contributed by atoms with Crippen molar-refractivity contribution >= 4 is 91.2 Å². The number of anilines is 1. The van der Waals surface area contributed by atoms with Gasteiger partial charge in [0.05, 0.1) is 52.8 Å². The van der Waals surface area contributed by atoms with Gasteiger partial charge in [-0.3, -0.25) is 9.59 Å². The van der Waals surface area contributed by atoms with Crippen LogP contribution in [0.4, 0.5) is 5.69 Å². The van der Waals surface area contributed by atoms with Crippen molar-refractivity contribution in [3.05, 3.63) is 21.8 Å². The predicted molar refractivity (Wildman–Crippen MR) is 125 cm³/mol. The molecule has 2 amide bonds. The number of nitrogens with zero attached hydrogens (tertiary/aromatic N) is 1. The number of carboxylic acids is 1. The Bertz CT molecular complexity index is 811. The van der Waals surface area contributed by atoms with Crippen LogP contribution < -0.4 is 44.9 Å². The molecule has 0 saturated heterocycles. The van der Waals surface area contributed by atoms with Gasteiger partial charge in [0.1, 0.15) is 0 Å². The van der Waals surface area contributed by atoms with Crippen molar-refractivity contribution in [2.24, 2.45) is 0 Å². The van der Waals surface area contributed by atoms with E-state index in [1.54, 1.807) is 67.8 Å². The number of carbonyl (C=O) groups is 3. The van der Waals surface area contributed by atoms with Crippen molar-refractivity contribution in [3.8, 4) is 0 Å². The maximum absolute atomic E-state index is 12.7. The summed E-state index contributed by atoms with van der Waals surface area (Å²) in [6, 6.07) is 0. The van der Waals surface area contributed by atoms with E-state index in [0.29, 0.717) is 0 Å². The normalized spacial score (nSPS) is 12.5. The number of hydrogen-bond acceptors (Lipinski definition) is 8. The monoisotopic (exact) mass is 770 g/mol. The second kappa shape index (κ2) is 14.0. The van der Waals surface area contributed by atoms with E-state index in [2.05, 4.69) is 5.32 Å². The number of nitrogens with one attached hydrogen (secondary N) is 1. The zero-order chi connectivity index (χ0) is 22.5. The van der Waals surface area contributed by atoms with Crippen molar-refractivity contribution in [2.45, 2.75) is 19.1 Å². The van der Waals surface area contributed by atoms with Gasteiger partial charge in [0, 0.05) is 26.2 Å². The molecule has 0 heterocycles. The standard InChI is InChI=1S/C16H19I3N2O8.Na/c1-6(24)21(3-8(26)5-23)14-12(18)9(15(27)20-2-7(25)4-22)11(17)10(13(14)19)16(28)29;/h7-8,22-23,25-26H,2-5H2,1H3,(H,20,27)(H,28,29);/q;+1/p-1. The van der Waals surface area contributed by atoms with Gasteiger partial charge in [0.25, 0.3) is 5.91 Å². The predicted octanol–water partition coefficient (Wildman–Crippen LogP) is -4.34. The van der Waals surface area contributed by atoms with Crippen LogP contribution in [0.15, 0.2) is 0 Å². The molecular formula is C16H18I3N2NaO8. The van der Waals surface area contributed by atoms with Crippen molar-refractivity contribution in [3.63, 3.8) is 0 Å². The number of rotatable bonds is 9. The molecule has 0 aliphatic rings. The second-order valence-corrected chi connectivity index (χ2v) is 9.08. The Balaban J connectivity index is 0.00000841. The first-order valence-corrected chi connectivity index (χ1v) is 11.3. The van der Waals surface area contributed by atoms with Crippen molar-refractivity contribution in [1.82, 2.24) is 5.32 Å². The maximum atomic E-state index is 12.7. The minimum Gasteiger partial charge on any atom is -0.545 e. The SMILES string of the molecule is CC(=O)N(CC(O)CO)c1c(I)c(C(=O)[O-])c(I)c(C(=O)NCC(O)CO)c1I.[Na+]. The summed E-state index contributed by atoms with van der Waals surface area (Å²) in [4.78, 5) is 37.7. The third-order valence-corrected chi connectivity index (χ3v) is 6.87. The average Bonchev–Trinajstić information content (AvgIpc) is 2.64. The summed E-state index contributed by atoms with van der Waals surface area (Å²) in [5.74, 6) is -2.83. The minimum absolute atomic E-state index is 0. The smallest absolute Gasteiger partial charge is 0.545 e. The van der Waals surface area contributed by atoms with Crippen LogP contribution in [0.25, 0.3) is 0 Å². The molecule has 1 rings (SSSR count). The van der Waals surface area contributed by atoms with E-state index in [0.717, 1.165) is 4.90 Å². The summed E-state index contributed by atoms with van der Waals surface area (Å²) in [6.45, 7) is -0.600. The summed E-state index contributed by atoms with van der Waals surface area (Å²) in [5.41, 5.74) is -0.284. The van der Waals surface area contributed by atoms with Gasteiger partial charge in [-0.25, -0.2) is 0 Å². The van der Waals surface area contributed by atoms with Crippen LogP contribution in [0.2, 0.25) is 0 Å². The van der Waals surface area contributed by atoms with Crippen molar-refractivity contribution in [2.75, 3.05) is 31.2 Å². The Morgan fingerprint density at radius 1 is 1.00 bits per heavy atom. The van der Waals surface area contributed by atoms with E-state index in [1.807, 2.05) is 0 Å². The van der Waals surface area contributed by atoms with Gasteiger partial charge < -0.3 is 40.5 Å². The Morgan fingerprint density at radius 3 is 1.93 bits per heavy atom. The Hall–Kier alpha value is 0.660. The van der Waals surface area contributed by atoms with E-state index in [4.69, 9.17) is 10.2 Å². The van der Waals surface area contributed by atoms with Crippen LogP contribution in [0, 0.1) is 10.7 Å². The summed E-state index contributed by atoms with van der Waals surface area (Å²) in [5, 5.41) is 51.4. The molecule has 14 heteroatoms. The summed E-state index contributed by atoms with van der Waals surface area (Å²) < 4.78 is 0.434. The molecule has 0 aliphatic heterocycles. The van der Waals surface area contributed by atoms with Crippen LogP contribution in [0.1, 0.15) is 27.6 Å². The fourth-order valence-electron chi connectivity index (χ4n) is 2.28. The van der Waals surface area contributed by atoms with Gasteiger partial charge in [-0.2, -0.15) is 0 Å². The molecule has 0 spiro atoms. The van der Waals surface area contributed by atoms with Gasteiger partial charge in [-0.05, 0) is 67.8 Å². The number of carboxylic acid groups (broad SMARTS) is 1. The molecule has 2 unspecified atom stereocenters. The largest absolute Gasteiger partial charge is 1.00 e. The number of hydrogen-bond donors (Lipinski definition) is 5. The number of amides is 2. The van der Waals surface area contributed by atoms with E-state index in [-0.39, 0.29) is 70.2 Å². The molecule has 1 aromatic rings. The minimum atomic E-state index is -1.56. The molecule has 10 nitrogen and oxygen atoms in total. The van der Waals surface area contributed by atoms with E-state index in [1.165, 1.54) is 6.92 Å². The second-order valence-electron chi connectivity index (χ2n) is 5.84. The molecule has 162 valence electrons. The fourth-order valence-corrected chi connectivity index (χ4v) is 6.95. The molecule has 0 fully saturated rings. The number of halogens is 3. The first kappa shape index (κ1) is 30.7. The van der Waals surface area contributed by atoms with Gasteiger partial charge in [0.2, 0.25) is 5.91 Å². The van der Waals surface area contributed by atoms with E-state index in [9.17, 15) is 29.7 Å². The van der Waals surface area contributed by atoms with Crippen molar-refractivity contribution in [1.29, 1.82) is 0 Å². The van der Waals surface area contributed by atoms with Gasteiger partial charge in [-0.15, -0.1) is 0 Å². The molecule has 30 heavy (non-hydrogen) atoms. The van der Waals surface area contributed by atoms with E-state index < -0.39 is 43.2 Å². The van der Waals surface area contributed by atoms with Crippen LogP contribution >= 0.6 is 67.8 Å². The van der Waals surface area contributed by atoms with Crippen LogP contribution in [-0.4, -0.2) is 76.7 Å². The van der Waals surface area contributed by atoms with E-state index >= 15 is 0 Å². The third-order valence-electron chi connectivity index (χ3n) is 3.69. The van der Waals surface area contributed by atoms with Crippen LogP contribution in [-0.2, 0) is 4.79 Å². The molecule has 1 aromatic carbocycles. The number of carbonyl (C=O) groups excluding carboxylic acids is 3. The zero-order valence-electron chi connectivity index (χ0n) is 16.0. The quantitative estimate of drug-likeness (QED) is 0.124. The number of aliphatic hydroxyl groups is 4. The average molecular weight is 770 g/mol. The third kappa shape index (κ3) is 7.62. The zero-order valence-corrected chi connectivity index (χ0v) is 24.5. The summed E-state index contributed by atoms with van der Waals surface area (Å²) in [7, 11) is 0. The molecule has 0 saturated carbocycles. The fraction of sp³-hybridized carbons (Fsp3) is 0.438. The van der Waals surface area contributed by atoms with Crippen molar-refractivity contribution < 1.29 is 69.5 Å². The Morgan fingerprint density at radius 2 is 1.50 bits per heavy atom. The van der Waals surface area contributed by atoms with Gasteiger partial charge in [-0.1, -0.05) is 0 Å². The number of benzene rings is 1. The molecule has 0 bridgehead atoms. The van der Waals surface area contributed by atoms with Crippen LogP contribution in [0.3, 0.4) is 0 Å². The van der Waals surface area contributed by atoms with Gasteiger partial charge in [0.15, 0.2) is 0 Å². The molecular weight excluding hydrogens is 752 g/mol. The number of aromatic carboxylic acids is 1. The first-order valence-electron chi connectivity index (χ1n) is 8.03. The molecule has 0 aromatic heterocycles. The first-order chi connectivity index (χ1) is 13.5. The van der Waals surface area contributed by atoms with Crippen LogP contribution in [0.5, 0.6) is 0 Å². The Labute approximate surface area is 235 Å². The summed E-state index contributed by atoms with van der Waals surface area (Å²) in [6.07, 6.45) is -2.49. The molecule has 5 N–H and O–H groups in total. The molecule has 2 atom stereocenters. The number of aliphatic hydroxyl groups excluding tert-OH is 4.